The van der Waals surface area contributed by atoms with Crippen molar-refractivity contribution in [3.05, 3.63) is 89.7 Å². The lowest BCUT2D eigenvalue weighted by molar-refractivity contribution is -0.137. The van der Waals surface area contributed by atoms with Gasteiger partial charge < -0.3 is 4.74 Å². The van der Waals surface area contributed by atoms with Crippen LogP contribution in [0.5, 0.6) is 0 Å². The first-order chi connectivity index (χ1) is 10.7. The van der Waals surface area contributed by atoms with Crippen molar-refractivity contribution in [3.8, 4) is 0 Å². The fourth-order valence-corrected chi connectivity index (χ4v) is 1.97. The third-order valence-electron chi connectivity index (χ3n) is 3.07. The average molecular weight is 290 g/mol. The van der Waals surface area contributed by atoms with E-state index in [1.165, 1.54) is 0 Å². The Bertz CT molecular complexity index is 706. The molecule has 0 aromatic heterocycles. The molecule has 0 spiro atoms. The van der Waals surface area contributed by atoms with E-state index in [4.69, 9.17) is 4.74 Å². The van der Waals surface area contributed by atoms with E-state index in [1.54, 1.807) is 6.92 Å². The summed E-state index contributed by atoms with van der Waals surface area (Å²) in [7, 11) is 0. The standard InChI is InChI=1S/C20H18O2/c1-3-22-20(21)16(2)19(18-12-8-5-9-13-18)15-14-17-10-6-4-7-11-17/h4-14H,2-3H2,1H3. The Balaban J connectivity index is 2.45. The summed E-state index contributed by atoms with van der Waals surface area (Å²) in [6, 6.07) is 19.4. The van der Waals surface area contributed by atoms with E-state index in [9.17, 15) is 4.79 Å². The smallest absolute Gasteiger partial charge is 0.338 e. The lowest BCUT2D eigenvalue weighted by atomic mass is 9.99. The predicted molar refractivity (Wildman–Crippen MR) is 90.0 cm³/mol. The Morgan fingerprint density at radius 3 is 2.27 bits per heavy atom. The second-order valence-electron chi connectivity index (χ2n) is 4.64. The number of hydrogen-bond donors (Lipinski definition) is 0. The molecular weight excluding hydrogens is 272 g/mol. The minimum Gasteiger partial charge on any atom is -0.462 e. The molecule has 110 valence electrons. The van der Waals surface area contributed by atoms with Crippen LogP contribution in [0.25, 0.3) is 11.6 Å². The summed E-state index contributed by atoms with van der Waals surface area (Å²) in [5, 5.41) is 0. The Kier molecular flexibility index (Phi) is 5.53. The van der Waals surface area contributed by atoms with Gasteiger partial charge >= 0.3 is 5.97 Å². The molecule has 0 radical (unpaired) electrons. The molecule has 0 fully saturated rings. The second-order valence-corrected chi connectivity index (χ2v) is 4.64. The van der Waals surface area contributed by atoms with Gasteiger partial charge in [0.25, 0.3) is 0 Å². The molecule has 0 saturated heterocycles. The minimum atomic E-state index is -0.421. The number of ether oxygens (including phenoxy) is 1. The average Bonchev–Trinajstić information content (AvgIpc) is 2.57. The van der Waals surface area contributed by atoms with Crippen LogP contribution in [0.4, 0.5) is 0 Å². The molecule has 0 aliphatic rings. The largest absolute Gasteiger partial charge is 0.462 e. The number of benzene rings is 2. The quantitative estimate of drug-likeness (QED) is 0.351. The Morgan fingerprint density at radius 1 is 1.09 bits per heavy atom. The number of esters is 1. The number of rotatable bonds is 5. The normalized spacial score (nSPS) is 9.50. The van der Waals surface area contributed by atoms with Crippen LogP contribution in [-0.4, -0.2) is 12.6 Å². The topological polar surface area (TPSA) is 26.3 Å². The van der Waals surface area contributed by atoms with Gasteiger partial charge in [0.15, 0.2) is 0 Å². The van der Waals surface area contributed by atoms with E-state index in [-0.39, 0.29) is 0 Å². The van der Waals surface area contributed by atoms with Crippen LogP contribution < -0.4 is 0 Å². The molecule has 0 aliphatic carbocycles. The van der Waals surface area contributed by atoms with Crippen molar-refractivity contribution >= 4 is 17.6 Å². The molecular formula is C20H18O2. The monoisotopic (exact) mass is 290 g/mol. The van der Waals surface area contributed by atoms with Gasteiger partial charge in [-0.3, -0.25) is 0 Å². The summed E-state index contributed by atoms with van der Waals surface area (Å²) in [4.78, 5) is 12.0. The zero-order valence-electron chi connectivity index (χ0n) is 12.6. The van der Waals surface area contributed by atoms with Crippen LogP contribution >= 0.6 is 0 Å². The van der Waals surface area contributed by atoms with E-state index in [0.29, 0.717) is 17.8 Å². The van der Waals surface area contributed by atoms with Gasteiger partial charge in [-0.25, -0.2) is 4.79 Å². The third kappa shape index (κ3) is 4.08. The number of carbonyl (C=O) groups excluding carboxylic acids is 1. The molecule has 2 aromatic rings. The molecule has 0 bridgehead atoms. The maximum Gasteiger partial charge on any atom is 0.338 e. The van der Waals surface area contributed by atoms with Crippen molar-refractivity contribution in [3.63, 3.8) is 0 Å². The number of hydrogen-bond acceptors (Lipinski definition) is 2. The highest BCUT2D eigenvalue weighted by Gasteiger charge is 2.14. The fraction of sp³-hybridized carbons (Fsp3) is 0.100. The molecule has 0 saturated carbocycles. The molecule has 0 atom stereocenters. The van der Waals surface area contributed by atoms with Crippen molar-refractivity contribution in [2.24, 2.45) is 0 Å². The van der Waals surface area contributed by atoms with Gasteiger partial charge in [-0.15, -0.1) is 5.73 Å². The van der Waals surface area contributed by atoms with Crippen molar-refractivity contribution in [2.45, 2.75) is 6.92 Å². The van der Waals surface area contributed by atoms with E-state index in [0.717, 1.165) is 11.1 Å². The van der Waals surface area contributed by atoms with E-state index in [2.05, 4.69) is 12.3 Å². The van der Waals surface area contributed by atoms with Crippen molar-refractivity contribution in [1.29, 1.82) is 0 Å². The van der Waals surface area contributed by atoms with Gasteiger partial charge in [0.2, 0.25) is 0 Å². The highest BCUT2D eigenvalue weighted by Crippen LogP contribution is 2.22. The van der Waals surface area contributed by atoms with Gasteiger partial charge in [-0.1, -0.05) is 67.2 Å². The molecule has 2 heteroatoms. The molecule has 0 amide bonds. The van der Waals surface area contributed by atoms with Crippen LogP contribution in [0.15, 0.2) is 78.5 Å². The first-order valence-corrected chi connectivity index (χ1v) is 7.16. The molecule has 0 N–H and O–H groups in total. The molecule has 2 aromatic carbocycles. The summed E-state index contributed by atoms with van der Waals surface area (Å²) in [6.07, 6.45) is 1.84. The highest BCUT2D eigenvalue weighted by atomic mass is 16.5. The predicted octanol–water partition coefficient (Wildman–Crippen LogP) is 4.50. The summed E-state index contributed by atoms with van der Waals surface area (Å²) < 4.78 is 5.04. The van der Waals surface area contributed by atoms with E-state index in [1.807, 2.05) is 66.7 Å². The Labute approximate surface area is 131 Å². The van der Waals surface area contributed by atoms with Gasteiger partial charge in [-0.2, -0.15) is 0 Å². The van der Waals surface area contributed by atoms with Gasteiger partial charge in [0.1, 0.15) is 0 Å². The van der Waals surface area contributed by atoms with E-state index < -0.39 is 5.97 Å². The lowest BCUT2D eigenvalue weighted by Crippen LogP contribution is -2.07. The fourth-order valence-electron chi connectivity index (χ4n) is 1.97. The van der Waals surface area contributed by atoms with Crippen LogP contribution in [0.1, 0.15) is 18.1 Å². The molecule has 2 rings (SSSR count). The van der Waals surface area contributed by atoms with Crippen molar-refractivity contribution < 1.29 is 9.53 Å². The Hall–Kier alpha value is -2.83. The minimum absolute atomic E-state index is 0.306. The van der Waals surface area contributed by atoms with E-state index >= 15 is 0 Å². The zero-order chi connectivity index (χ0) is 15.8. The van der Waals surface area contributed by atoms with Gasteiger partial charge in [0, 0.05) is 5.57 Å². The molecule has 2 nitrogen and oxygen atoms in total. The summed E-state index contributed by atoms with van der Waals surface area (Å²) in [5.41, 5.74) is 6.02. The van der Waals surface area contributed by atoms with Crippen LogP contribution in [0, 0.1) is 0 Å². The van der Waals surface area contributed by atoms with Gasteiger partial charge in [-0.05, 0) is 24.1 Å². The zero-order valence-corrected chi connectivity index (χ0v) is 12.6. The first-order valence-electron chi connectivity index (χ1n) is 7.16. The van der Waals surface area contributed by atoms with Gasteiger partial charge in [0.05, 0.1) is 12.2 Å². The molecule has 0 heterocycles. The molecule has 0 unspecified atom stereocenters. The second kappa shape index (κ2) is 7.82. The Morgan fingerprint density at radius 2 is 1.68 bits per heavy atom. The lowest BCUT2D eigenvalue weighted by Gasteiger charge is -2.08. The SMILES string of the molecule is C=C(C(=O)OCC)C(=C=Cc1ccccc1)c1ccccc1. The summed E-state index contributed by atoms with van der Waals surface area (Å²) >= 11 is 0. The third-order valence-corrected chi connectivity index (χ3v) is 3.07. The summed E-state index contributed by atoms with van der Waals surface area (Å²) in [6.45, 7) is 5.96. The van der Waals surface area contributed by atoms with Crippen molar-refractivity contribution in [2.75, 3.05) is 6.61 Å². The summed E-state index contributed by atoms with van der Waals surface area (Å²) in [5.74, 6) is -0.421. The van der Waals surface area contributed by atoms with Crippen LogP contribution in [0.3, 0.4) is 0 Å². The number of carbonyl (C=O) groups is 1. The highest BCUT2D eigenvalue weighted by molar-refractivity contribution is 6.05. The van der Waals surface area contributed by atoms with Crippen LogP contribution in [0.2, 0.25) is 0 Å². The first kappa shape index (κ1) is 15.6. The van der Waals surface area contributed by atoms with Crippen LogP contribution in [-0.2, 0) is 9.53 Å². The van der Waals surface area contributed by atoms with Crippen molar-refractivity contribution in [1.82, 2.24) is 0 Å². The maximum atomic E-state index is 12.0. The maximum absolute atomic E-state index is 12.0. The molecule has 0 aliphatic heterocycles. The molecule has 22 heavy (non-hydrogen) atoms.